The molecule has 1 aliphatic rings. The molecule has 132 valence electrons. The molecule has 0 aliphatic carbocycles. The molecule has 2 rings (SSSR count). The van der Waals surface area contributed by atoms with Crippen LogP contribution in [0.2, 0.25) is 0 Å². The highest BCUT2D eigenvalue weighted by molar-refractivity contribution is 8.02. The Labute approximate surface area is 144 Å². The number of benzene rings is 1. The van der Waals surface area contributed by atoms with Crippen LogP contribution in [-0.4, -0.2) is 55.0 Å². The van der Waals surface area contributed by atoms with Gasteiger partial charge in [0.25, 0.3) is 0 Å². The lowest BCUT2D eigenvalue weighted by molar-refractivity contribution is -0.141. The Morgan fingerprint density at radius 3 is 2.54 bits per heavy atom. The molecule has 0 saturated carbocycles. The number of aliphatic carboxylic acids is 1. The van der Waals surface area contributed by atoms with Crippen molar-refractivity contribution in [2.24, 2.45) is 0 Å². The molecule has 0 spiro atoms. The first kappa shape index (κ1) is 18.6. The van der Waals surface area contributed by atoms with E-state index in [0.717, 1.165) is 0 Å². The zero-order valence-electron chi connectivity index (χ0n) is 13.1. The maximum Gasteiger partial charge on any atom is 0.330 e. The van der Waals surface area contributed by atoms with Crippen molar-refractivity contribution in [2.45, 2.75) is 17.7 Å². The van der Waals surface area contributed by atoms with Gasteiger partial charge in [0.15, 0.2) is 15.9 Å². The van der Waals surface area contributed by atoms with Crippen LogP contribution in [-0.2, 0) is 19.4 Å². The summed E-state index contributed by atoms with van der Waals surface area (Å²) in [5.74, 6) is -0.761. The summed E-state index contributed by atoms with van der Waals surface area (Å²) in [6.07, 6.45) is 0.529. The Hall–Kier alpha value is -1.74. The van der Waals surface area contributed by atoms with Crippen LogP contribution in [0, 0.1) is 0 Å². The highest BCUT2D eigenvalue weighted by atomic mass is 32.2. The van der Waals surface area contributed by atoms with Crippen molar-refractivity contribution in [2.75, 3.05) is 24.4 Å². The van der Waals surface area contributed by atoms with E-state index in [1.54, 1.807) is 24.3 Å². The van der Waals surface area contributed by atoms with Gasteiger partial charge in [-0.05, 0) is 24.1 Å². The van der Waals surface area contributed by atoms with Gasteiger partial charge in [-0.2, -0.15) is 0 Å². The summed E-state index contributed by atoms with van der Waals surface area (Å²) in [6.45, 7) is 0. The molecule has 2 atom stereocenters. The van der Waals surface area contributed by atoms with Crippen molar-refractivity contribution in [1.82, 2.24) is 5.32 Å². The van der Waals surface area contributed by atoms with Gasteiger partial charge >= 0.3 is 5.97 Å². The molecular formula is C15H19NO6S2. The fraction of sp³-hybridized carbons (Fsp3) is 0.467. The first-order valence-electron chi connectivity index (χ1n) is 7.29. The van der Waals surface area contributed by atoms with E-state index in [4.69, 9.17) is 4.74 Å². The van der Waals surface area contributed by atoms with Crippen molar-refractivity contribution in [3.05, 3.63) is 29.8 Å². The monoisotopic (exact) mass is 373 g/mol. The lowest BCUT2D eigenvalue weighted by Gasteiger charge is -2.16. The quantitative estimate of drug-likeness (QED) is 0.729. The Morgan fingerprint density at radius 1 is 1.38 bits per heavy atom. The fourth-order valence-corrected chi connectivity index (χ4v) is 5.83. The molecule has 0 aromatic heterocycles. The number of amides is 1. The number of ether oxygens (including phenoxy) is 1. The topological polar surface area (TPSA) is 110 Å². The Bertz CT molecular complexity index is 701. The molecule has 0 bridgehead atoms. The van der Waals surface area contributed by atoms with Crippen LogP contribution in [0.25, 0.3) is 0 Å². The molecule has 1 saturated heterocycles. The van der Waals surface area contributed by atoms with E-state index in [1.165, 1.54) is 18.9 Å². The highest BCUT2D eigenvalue weighted by Gasteiger charge is 2.29. The van der Waals surface area contributed by atoms with Gasteiger partial charge in [-0.3, -0.25) is 4.79 Å². The molecule has 2 unspecified atom stereocenters. The summed E-state index contributed by atoms with van der Waals surface area (Å²) in [5.41, 5.74) is 0.435. The summed E-state index contributed by atoms with van der Waals surface area (Å²) in [7, 11) is -1.48. The Balaban J connectivity index is 1.92. The van der Waals surface area contributed by atoms with Gasteiger partial charge < -0.3 is 15.2 Å². The molecule has 1 aliphatic heterocycles. The zero-order valence-corrected chi connectivity index (χ0v) is 14.7. The van der Waals surface area contributed by atoms with Crippen molar-refractivity contribution >= 4 is 33.5 Å². The van der Waals surface area contributed by atoms with E-state index in [-0.39, 0.29) is 22.5 Å². The van der Waals surface area contributed by atoms with Crippen molar-refractivity contribution in [3.63, 3.8) is 0 Å². The molecule has 0 radical (unpaired) electrons. The summed E-state index contributed by atoms with van der Waals surface area (Å²) >= 11 is 1.25. The number of carboxylic acid groups (broad SMARTS) is 1. The van der Waals surface area contributed by atoms with Gasteiger partial charge in [-0.15, -0.1) is 11.8 Å². The van der Waals surface area contributed by atoms with Gasteiger partial charge in [-0.25, -0.2) is 13.2 Å². The van der Waals surface area contributed by atoms with Crippen LogP contribution in [0.1, 0.15) is 18.0 Å². The predicted molar refractivity (Wildman–Crippen MR) is 91.0 cm³/mol. The Morgan fingerprint density at radius 2 is 2.04 bits per heavy atom. The minimum Gasteiger partial charge on any atom is -0.497 e. The van der Waals surface area contributed by atoms with Gasteiger partial charge in [-0.1, -0.05) is 12.1 Å². The summed E-state index contributed by atoms with van der Waals surface area (Å²) in [5, 5.41) is 11.7. The maximum atomic E-state index is 12.0. The second kappa shape index (κ2) is 7.89. The van der Waals surface area contributed by atoms with Gasteiger partial charge in [0.1, 0.15) is 5.75 Å². The third kappa shape index (κ3) is 5.13. The molecule has 1 fully saturated rings. The SMILES string of the molecule is COc1ccc(C(NC(=O)CSC2CCS(=O)(=O)C2)C(=O)O)cc1. The highest BCUT2D eigenvalue weighted by Crippen LogP contribution is 2.24. The number of sulfone groups is 1. The first-order valence-corrected chi connectivity index (χ1v) is 10.2. The van der Waals surface area contributed by atoms with E-state index in [9.17, 15) is 23.1 Å². The largest absolute Gasteiger partial charge is 0.497 e. The number of carboxylic acids is 1. The number of hydrogen-bond acceptors (Lipinski definition) is 6. The van der Waals surface area contributed by atoms with E-state index >= 15 is 0 Å². The summed E-state index contributed by atoms with van der Waals surface area (Å²) in [4.78, 5) is 23.4. The minimum absolute atomic E-state index is 0.0279. The smallest absolute Gasteiger partial charge is 0.330 e. The van der Waals surface area contributed by atoms with Crippen LogP contribution in [0.3, 0.4) is 0 Å². The lowest BCUT2D eigenvalue weighted by atomic mass is 10.1. The van der Waals surface area contributed by atoms with E-state index in [2.05, 4.69) is 5.32 Å². The molecule has 7 nitrogen and oxygen atoms in total. The van der Waals surface area contributed by atoms with Crippen LogP contribution < -0.4 is 10.1 Å². The summed E-state index contributed by atoms with van der Waals surface area (Å²) in [6, 6.07) is 5.24. The molecular weight excluding hydrogens is 354 g/mol. The van der Waals surface area contributed by atoms with Gasteiger partial charge in [0, 0.05) is 5.25 Å². The van der Waals surface area contributed by atoms with Crippen molar-refractivity contribution in [1.29, 1.82) is 0 Å². The maximum absolute atomic E-state index is 12.0. The number of carbonyl (C=O) groups excluding carboxylic acids is 1. The fourth-order valence-electron chi connectivity index (χ4n) is 2.37. The lowest BCUT2D eigenvalue weighted by Crippen LogP contribution is -2.35. The number of nitrogens with one attached hydrogen (secondary N) is 1. The van der Waals surface area contributed by atoms with E-state index < -0.39 is 27.8 Å². The Kier molecular flexibility index (Phi) is 6.11. The van der Waals surface area contributed by atoms with E-state index in [0.29, 0.717) is 17.7 Å². The number of thioether (sulfide) groups is 1. The molecule has 1 aromatic rings. The molecule has 1 amide bonds. The zero-order chi connectivity index (χ0) is 17.7. The molecule has 1 aromatic carbocycles. The third-order valence-corrected chi connectivity index (χ3v) is 6.92. The minimum atomic E-state index is -2.99. The van der Waals surface area contributed by atoms with Gasteiger partial charge in [0.2, 0.25) is 5.91 Å². The number of rotatable bonds is 7. The molecule has 24 heavy (non-hydrogen) atoms. The van der Waals surface area contributed by atoms with E-state index in [1.807, 2.05) is 0 Å². The second-order valence-electron chi connectivity index (χ2n) is 5.45. The van der Waals surface area contributed by atoms with Crippen molar-refractivity contribution < 1.29 is 27.9 Å². The van der Waals surface area contributed by atoms with Gasteiger partial charge in [0.05, 0.1) is 24.4 Å². The second-order valence-corrected chi connectivity index (χ2v) is 8.97. The number of carbonyl (C=O) groups is 2. The predicted octanol–water partition coefficient (Wildman–Crippen LogP) is 0.857. The third-order valence-electron chi connectivity index (χ3n) is 3.64. The molecule has 1 heterocycles. The normalized spacial score (nSPS) is 20.3. The summed E-state index contributed by atoms with van der Waals surface area (Å²) < 4.78 is 27.8. The average Bonchev–Trinajstić information content (AvgIpc) is 2.89. The number of hydrogen-bond donors (Lipinski definition) is 2. The molecule has 2 N–H and O–H groups in total. The average molecular weight is 373 g/mol. The standard InChI is InChI=1S/C15H19NO6S2/c1-22-11-4-2-10(3-5-11)14(15(18)19)16-13(17)8-23-12-6-7-24(20,21)9-12/h2-5,12,14H,6-9H2,1H3,(H,16,17)(H,18,19). The van der Waals surface area contributed by atoms with Crippen LogP contribution in [0.4, 0.5) is 0 Å². The first-order chi connectivity index (χ1) is 11.3. The number of methoxy groups -OCH3 is 1. The van der Waals surface area contributed by atoms with Crippen LogP contribution in [0.15, 0.2) is 24.3 Å². The molecule has 9 heteroatoms. The van der Waals surface area contributed by atoms with Crippen LogP contribution >= 0.6 is 11.8 Å². The van der Waals surface area contributed by atoms with Crippen LogP contribution in [0.5, 0.6) is 5.75 Å². The van der Waals surface area contributed by atoms with Crippen molar-refractivity contribution in [3.8, 4) is 5.75 Å².